The van der Waals surface area contributed by atoms with Crippen LogP contribution in [0.2, 0.25) is 0 Å². The smallest absolute Gasteiger partial charge is 0.239 e. The highest BCUT2D eigenvalue weighted by Crippen LogP contribution is 2.03. The van der Waals surface area contributed by atoms with E-state index in [4.69, 9.17) is 5.73 Å². The van der Waals surface area contributed by atoms with Gasteiger partial charge in [-0.25, -0.2) is 0 Å². The Hall–Kier alpha value is -1.10. The molecule has 82 valence electrons. The summed E-state index contributed by atoms with van der Waals surface area (Å²) in [5.74, 6) is -0.520. The van der Waals surface area contributed by atoms with Gasteiger partial charge in [0.1, 0.15) is 0 Å². The summed E-state index contributed by atoms with van der Waals surface area (Å²) in [7, 11) is 1.53. The lowest BCUT2D eigenvalue weighted by atomic mass is 10.0. The van der Waals surface area contributed by atoms with Gasteiger partial charge in [0.05, 0.1) is 12.5 Å². The SMILES string of the molecule is CCCC(CN)C(=O)NCC(=O)NC. The molecule has 2 amide bonds. The van der Waals surface area contributed by atoms with Crippen molar-refractivity contribution in [2.24, 2.45) is 11.7 Å². The van der Waals surface area contributed by atoms with Crippen LogP contribution in [0.4, 0.5) is 0 Å². The van der Waals surface area contributed by atoms with Crippen LogP contribution in [0.3, 0.4) is 0 Å². The maximum Gasteiger partial charge on any atom is 0.239 e. The molecule has 0 aliphatic rings. The second-order valence-corrected chi connectivity index (χ2v) is 3.11. The first kappa shape index (κ1) is 12.9. The Kier molecular flexibility index (Phi) is 6.74. The minimum absolute atomic E-state index is 0.0234. The fourth-order valence-corrected chi connectivity index (χ4v) is 1.10. The van der Waals surface area contributed by atoms with Gasteiger partial charge in [-0.05, 0) is 6.42 Å². The summed E-state index contributed by atoms with van der Waals surface area (Å²) in [6, 6.07) is 0. The largest absolute Gasteiger partial charge is 0.358 e. The Balaban J connectivity index is 3.86. The highest BCUT2D eigenvalue weighted by atomic mass is 16.2. The molecule has 0 spiro atoms. The lowest BCUT2D eigenvalue weighted by Gasteiger charge is -2.13. The van der Waals surface area contributed by atoms with Gasteiger partial charge in [0.25, 0.3) is 0 Å². The molecule has 5 heteroatoms. The lowest BCUT2D eigenvalue weighted by Crippen LogP contribution is -2.40. The van der Waals surface area contributed by atoms with E-state index in [9.17, 15) is 9.59 Å². The molecule has 0 radical (unpaired) electrons. The van der Waals surface area contributed by atoms with E-state index in [1.54, 1.807) is 0 Å². The molecular weight excluding hydrogens is 182 g/mol. The molecule has 0 aromatic carbocycles. The van der Waals surface area contributed by atoms with Crippen molar-refractivity contribution in [1.82, 2.24) is 10.6 Å². The molecule has 4 N–H and O–H groups in total. The topological polar surface area (TPSA) is 84.2 Å². The fourth-order valence-electron chi connectivity index (χ4n) is 1.10. The number of nitrogens with one attached hydrogen (secondary N) is 2. The van der Waals surface area contributed by atoms with Gasteiger partial charge >= 0.3 is 0 Å². The number of hydrogen-bond donors (Lipinski definition) is 3. The first-order valence-electron chi connectivity index (χ1n) is 4.84. The first-order chi connectivity index (χ1) is 6.65. The zero-order chi connectivity index (χ0) is 11.0. The van der Waals surface area contributed by atoms with E-state index >= 15 is 0 Å². The van der Waals surface area contributed by atoms with Crippen LogP contribution in [0.25, 0.3) is 0 Å². The van der Waals surface area contributed by atoms with Crippen LogP contribution >= 0.6 is 0 Å². The summed E-state index contributed by atoms with van der Waals surface area (Å²) < 4.78 is 0. The molecule has 1 atom stereocenters. The van der Waals surface area contributed by atoms with Crippen LogP contribution in [-0.4, -0.2) is 32.0 Å². The number of amides is 2. The first-order valence-corrected chi connectivity index (χ1v) is 4.84. The number of carbonyl (C=O) groups is 2. The molecule has 0 saturated carbocycles. The quantitative estimate of drug-likeness (QED) is 0.527. The number of rotatable bonds is 6. The summed E-state index contributed by atoms with van der Waals surface area (Å²) >= 11 is 0. The maximum atomic E-state index is 11.4. The Morgan fingerprint density at radius 2 is 2.07 bits per heavy atom. The number of hydrogen-bond acceptors (Lipinski definition) is 3. The van der Waals surface area contributed by atoms with Crippen LogP contribution in [0.5, 0.6) is 0 Å². The van der Waals surface area contributed by atoms with Gasteiger partial charge < -0.3 is 16.4 Å². The van der Waals surface area contributed by atoms with Gasteiger partial charge in [0, 0.05) is 13.6 Å². The monoisotopic (exact) mass is 201 g/mol. The molecule has 0 fully saturated rings. The summed E-state index contributed by atoms with van der Waals surface area (Å²) in [4.78, 5) is 22.2. The molecule has 0 rings (SSSR count). The van der Waals surface area contributed by atoms with Gasteiger partial charge in [-0.15, -0.1) is 0 Å². The summed E-state index contributed by atoms with van der Waals surface area (Å²) in [6.07, 6.45) is 1.67. The summed E-state index contributed by atoms with van der Waals surface area (Å²) in [5.41, 5.74) is 5.44. The van der Waals surface area contributed by atoms with Crippen molar-refractivity contribution in [3.63, 3.8) is 0 Å². The lowest BCUT2D eigenvalue weighted by molar-refractivity contribution is -0.128. The molecule has 5 nitrogen and oxygen atoms in total. The number of nitrogens with two attached hydrogens (primary N) is 1. The zero-order valence-electron chi connectivity index (χ0n) is 8.80. The minimum Gasteiger partial charge on any atom is -0.358 e. The van der Waals surface area contributed by atoms with Crippen molar-refractivity contribution in [3.05, 3.63) is 0 Å². The van der Waals surface area contributed by atoms with Crippen LogP contribution in [-0.2, 0) is 9.59 Å². The van der Waals surface area contributed by atoms with Gasteiger partial charge in [0.2, 0.25) is 11.8 Å². The van der Waals surface area contributed by atoms with Crippen LogP contribution in [0, 0.1) is 5.92 Å². The molecule has 0 bridgehead atoms. The van der Waals surface area contributed by atoms with Crippen molar-refractivity contribution in [1.29, 1.82) is 0 Å². The summed E-state index contributed by atoms with van der Waals surface area (Å²) in [6.45, 7) is 2.34. The van der Waals surface area contributed by atoms with Gasteiger partial charge in [0.15, 0.2) is 0 Å². The maximum absolute atomic E-state index is 11.4. The predicted octanol–water partition coefficient (Wildman–Crippen LogP) is -0.776. The fraction of sp³-hybridized carbons (Fsp3) is 0.778. The Bertz CT molecular complexity index is 194. The van der Waals surface area contributed by atoms with E-state index in [1.165, 1.54) is 7.05 Å². The number of carbonyl (C=O) groups excluding carboxylic acids is 2. The van der Waals surface area contributed by atoms with Crippen molar-refractivity contribution in [2.45, 2.75) is 19.8 Å². The molecular formula is C9H19N3O2. The molecule has 0 aliphatic carbocycles. The third-order valence-corrected chi connectivity index (χ3v) is 1.99. The molecule has 0 aromatic heterocycles. The molecule has 0 aliphatic heterocycles. The van der Waals surface area contributed by atoms with E-state index in [1.807, 2.05) is 6.92 Å². The highest BCUT2D eigenvalue weighted by Gasteiger charge is 2.15. The second-order valence-electron chi connectivity index (χ2n) is 3.11. The Morgan fingerprint density at radius 3 is 2.50 bits per heavy atom. The molecule has 0 heterocycles. The van der Waals surface area contributed by atoms with Crippen molar-refractivity contribution in [2.75, 3.05) is 20.1 Å². The van der Waals surface area contributed by atoms with Crippen molar-refractivity contribution >= 4 is 11.8 Å². The average Bonchev–Trinajstić information content (AvgIpc) is 2.21. The predicted molar refractivity (Wildman–Crippen MR) is 54.5 cm³/mol. The van der Waals surface area contributed by atoms with Crippen molar-refractivity contribution < 1.29 is 9.59 Å². The normalized spacial score (nSPS) is 11.9. The Morgan fingerprint density at radius 1 is 1.43 bits per heavy atom. The standard InChI is InChI=1S/C9H19N3O2/c1-3-4-7(5-10)9(14)12-6-8(13)11-2/h7H,3-6,10H2,1-2H3,(H,11,13)(H,12,14). The number of likely N-dealkylation sites (N-methyl/N-ethyl adjacent to an activating group) is 1. The van der Waals surface area contributed by atoms with E-state index < -0.39 is 0 Å². The third kappa shape index (κ3) is 4.81. The van der Waals surface area contributed by atoms with Crippen LogP contribution in [0.15, 0.2) is 0 Å². The van der Waals surface area contributed by atoms with E-state index in [0.29, 0.717) is 6.54 Å². The average molecular weight is 201 g/mol. The molecule has 14 heavy (non-hydrogen) atoms. The van der Waals surface area contributed by atoms with E-state index in [2.05, 4.69) is 10.6 Å². The van der Waals surface area contributed by atoms with Crippen LogP contribution in [0.1, 0.15) is 19.8 Å². The Labute approximate surface area is 84.4 Å². The minimum atomic E-state index is -0.203. The van der Waals surface area contributed by atoms with Gasteiger partial charge in [-0.3, -0.25) is 9.59 Å². The van der Waals surface area contributed by atoms with E-state index in [-0.39, 0.29) is 24.3 Å². The molecule has 0 aromatic rings. The highest BCUT2D eigenvalue weighted by molar-refractivity contribution is 5.85. The molecule has 1 unspecified atom stereocenters. The third-order valence-electron chi connectivity index (χ3n) is 1.99. The van der Waals surface area contributed by atoms with E-state index in [0.717, 1.165) is 12.8 Å². The second kappa shape index (κ2) is 7.32. The molecule has 0 saturated heterocycles. The summed E-state index contributed by atoms with van der Waals surface area (Å²) in [5, 5.41) is 4.96. The zero-order valence-corrected chi connectivity index (χ0v) is 8.80. The van der Waals surface area contributed by atoms with Crippen LogP contribution < -0.4 is 16.4 Å². The van der Waals surface area contributed by atoms with Gasteiger partial charge in [-0.1, -0.05) is 13.3 Å². The van der Waals surface area contributed by atoms with Gasteiger partial charge in [-0.2, -0.15) is 0 Å². The van der Waals surface area contributed by atoms with Crippen molar-refractivity contribution in [3.8, 4) is 0 Å².